The number of benzene rings is 1. The van der Waals surface area contributed by atoms with Gasteiger partial charge in [-0.3, -0.25) is 5.32 Å². The van der Waals surface area contributed by atoms with Gasteiger partial charge >= 0.3 is 12.1 Å². The zero-order chi connectivity index (χ0) is 24.2. The molecule has 0 aliphatic rings. The highest BCUT2D eigenvalue weighted by atomic mass is 32.2. The molecule has 1 aromatic carbocycles. The Morgan fingerprint density at radius 3 is 2.76 bits per heavy atom. The summed E-state index contributed by atoms with van der Waals surface area (Å²) < 4.78 is 46.6. The van der Waals surface area contributed by atoms with Gasteiger partial charge in [-0.1, -0.05) is 12.1 Å². The Kier molecular flexibility index (Phi) is 7.25. The van der Waals surface area contributed by atoms with Gasteiger partial charge in [0.25, 0.3) is 0 Å². The number of hydrogen-bond acceptors (Lipinski definition) is 8. The van der Waals surface area contributed by atoms with Gasteiger partial charge in [0.2, 0.25) is 21.0 Å². The number of rotatable bonds is 7. The van der Waals surface area contributed by atoms with Crippen molar-refractivity contribution < 1.29 is 27.1 Å². The summed E-state index contributed by atoms with van der Waals surface area (Å²) in [5.41, 5.74) is 0.595. The first-order chi connectivity index (χ1) is 15.5. The van der Waals surface area contributed by atoms with E-state index < -0.39 is 28.0 Å². The molecular weight excluding hydrogens is 477 g/mol. The van der Waals surface area contributed by atoms with E-state index >= 15 is 0 Å². The summed E-state index contributed by atoms with van der Waals surface area (Å²) in [6.45, 7) is 0.0878. The number of carbonyl (C=O) groups excluding carboxylic acids is 2. The fraction of sp³-hybridized carbons (Fsp3) is 0.222. The van der Waals surface area contributed by atoms with Gasteiger partial charge in [-0.05, 0) is 17.7 Å². The SMILES string of the molecule is CN(Cc1nsc(NC(=O)NCc2cccc(F)c2)n1)C(=O)Oc1cc(S(N)(=O)=O)cn1C. The standard InChI is InChI=1S/C18H20FN7O5S2/c1-25-9-13(33(20,29)30)7-15(25)31-18(28)26(2)10-14-22-17(32-24-14)23-16(27)21-8-11-4-3-5-12(19)6-11/h3-7,9H,8,10H2,1-2H3,(H2,20,29,30)(H2,21,22,23,24,27). The van der Waals surface area contributed by atoms with Gasteiger partial charge in [-0.15, -0.1) is 0 Å². The number of hydrogen-bond donors (Lipinski definition) is 3. The maximum Gasteiger partial charge on any atom is 0.416 e. The van der Waals surface area contributed by atoms with E-state index in [-0.39, 0.29) is 34.8 Å². The lowest BCUT2D eigenvalue weighted by atomic mass is 10.2. The fourth-order valence-electron chi connectivity index (χ4n) is 2.56. The average Bonchev–Trinajstić information content (AvgIpc) is 3.32. The summed E-state index contributed by atoms with van der Waals surface area (Å²) in [6, 6.07) is 6.41. The van der Waals surface area contributed by atoms with Crippen molar-refractivity contribution in [3.8, 4) is 5.88 Å². The zero-order valence-electron chi connectivity index (χ0n) is 17.5. The van der Waals surface area contributed by atoms with Crippen molar-refractivity contribution in [3.05, 3.63) is 53.7 Å². The molecule has 12 nitrogen and oxygen atoms in total. The summed E-state index contributed by atoms with van der Waals surface area (Å²) in [4.78, 5) is 29.4. The van der Waals surface area contributed by atoms with Crippen molar-refractivity contribution in [2.24, 2.45) is 12.2 Å². The molecule has 3 rings (SSSR count). The Balaban J connectivity index is 1.51. The molecule has 4 N–H and O–H groups in total. The van der Waals surface area contributed by atoms with Crippen LogP contribution in [-0.4, -0.2) is 46.4 Å². The predicted molar refractivity (Wildman–Crippen MR) is 116 cm³/mol. The molecular formula is C18H20FN7O5S2. The van der Waals surface area contributed by atoms with Crippen molar-refractivity contribution in [3.63, 3.8) is 0 Å². The summed E-state index contributed by atoms with van der Waals surface area (Å²) in [7, 11) is -1.01. The molecule has 2 aromatic heterocycles. The molecule has 2 heterocycles. The molecule has 3 aromatic rings. The highest BCUT2D eigenvalue weighted by Crippen LogP contribution is 2.19. The first-order valence-corrected chi connectivity index (χ1v) is 11.6. The number of sulfonamides is 1. The van der Waals surface area contributed by atoms with Crippen molar-refractivity contribution >= 4 is 38.8 Å². The van der Waals surface area contributed by atoms with E-state index in [1.165, 1.54) is 41.9 Å². The Bertz CT molecular complexity index is 1270. The number of aromatic nitrogens is 3. The Hall–Kier alpha value is -3.56. The van der Waals surface area contributed by atoms with Crippen LogP contribution in [-0.2, 0) is 30.2 Å². The minimum atomic E-state index is -3.94. The van der Waals surface area contributed by atoms with Crippen LogP contribution in [0.1, 0.15) is 11.4 Å². The lowest BCUT2D eigenvalue weighted by Gasteiger charge is -2.15. The smallest absolute Gasteiger partial charge is 0.393 e. The number of nitrogens with two attached hydrogens (primary N) is 1. The largest absolute Gasteiger partial charge is 0.416 e. The predicted octanol–water partition coefficient (Wildman–Crippen LogP) is 1.62. The normalized spacial score (nSPS) is 11.2. The molecule has 3 amide bonds. The fourth-order valence-corrected chi connectivity index (χ4v) is 3.70. The third-order valence-electron chi connectivity index (χ3n) is 4.18. The molecule has 0 saturated heterocycles. The van der Waals surface area contributed by atoms with Crippen LogP contribution >= 0.6 is 11.5 Å². The van der Waals surface area contributed by atoms with Gasteiger partial charge < -0.3 is 19.5 Å². The van der Waals surface area contributed by atoms with E-state index in [1.807, 2.05) is 0 Å². The van der Waals surface area contributed by atoms with Gasteiger partial charge in [0.15, 0.2) is 5.82 Å². The second-order valence-corrected chi connectivity index (χ2v) is 9.16. The minimum absolute atomic E-state index is 0.0144. The molecule has 0 spiro atoms. The van der Waals surface area contributed by atoms with Crippen LogP contribution in [0, 0.1) is 5.82 Å². The molecule has 0 atom stereocenters. The Morgan fingerprint density at radius 1 is 1.33 bits per heavy atom. The second-order valence-electron chi connectivity index (χ2n) is 6.85. The van der Waals surface area contributed by atoms with Crippen LogP contribution in [0.3, 0.4) is 0 Å². The minimum Gasteiger partial charge on any atom is -0.393 e. The molecule has 0 aliphatic carbocycles. The number of nitrogens with zero attached hydrogens (tertiary/aromatic N) is 4. The summed E-state index contributed by atoms with van der Waals surface area (Å²) in [5, 5.41) is 10.3. The number of halogens is 1. The van der Waals surface area contributed by atoms with Crippen molar-refractivity contribution in [2.45, 2.75) is 18.0 Å². The van der Waals surface area contributed by atoms with E-state index in [1.54, 1.807) is 12.1 Å². The lowest BCUT2D eigenvalue weighted by Crippen LogP contribution is -2.30. The number of primary sulfonamides is 1. The highest BCUT2D eigenvalue weighted by molar-refractivity contribution is 7.89. The van der Waals surface area contributed by atoms with Crippen LogP contribution in [0.2, 0.25) is 0 Å². The summed E-state index contributed by atoms with van der Waals surface area (Å²) in [6.07, 6.45) is 0.436. The lowest BCUT2D eigenvalue weighted by molar-refractivity contribution is 0.156. The van der Waals surface area contributed by atoms with E-state index in [2.05, 4.69) is 20.0 Å². The third kappa shape index (κ3) is 6.71. The number of anilines is 1. The molecule has 0 bridgehead atoms. The van der Waals surface area contributed by atoms with Crippen LogP contribution in [0.15, 0.2) is 41.4 Å². The number of urea groups is 1. The van der Waals surface area contributed by atoms with Crippen LogP contribution < -0.4 is 20.5 Å². The zero-order valence-corrected chi connectivity index (χ0v) is 19.1. The first kappa shape index (κ1) is 24.1. The second kappa shape index (κ2) is 9.93. The molecule has 0 aliphatic heterocycles. The summed E-state index contributed by atoms with van der Waals surface area (Å²) >= 11 is 0.912. The van der Waals surface area contributed by atoms with E-state index in [0.29, 0.717) is 5.56 Å². The molecule has 0 unspecified atom stereocenters. The number of aryl methyl sites for hydroxylation is 1. The monoisotopic (exact) mass is 497 g/mol. The molecule has 15 heteroatoms. The summed E-state index contributed by atoms with van der Waals surface area (Å²) in [5.74, 6) is -0.167. The quantitative estimate of drug-likeness (QED) is 0.447. The highest BCUT2D eigenvalue weighted by Gasteiger charge is 2.19. The van der Waals surface area contributed by atoms with Crippen LogP contribution in [0.5, 0.6) is 5.88 Å². The van der Waals surface area contributed by atoms with E-state index in [9.17, 15) is 22.4 Å². The molecule has 0 fully saturated rings. The number of ether oxygens (including phenoxy) is 1. The average molecular weight is 498 g/mol. The van der Waals surface area contributed by atoms with Gasteiger partial charge in [-0.25, -0.2) is 32.5 Å². The first-order valence-electron chi connectivity index (χ1n) is 9.25. The number of nitrogens with one attached hydrogen (secondary N) is 2. The maximum absolute atomic E-state index is 13.2. The van der Waals surface area contributed by atoms with Crippen LogP contribution in [0.4, 0.5) is 19.1 Å². The van der Waals surface area contributed by atoms with Gasteiger partial charge in [0.05, 0.1) is 6.54 Å². The Morgan fingerprint density at radius 2 is 2.09 bits per heavy atom. The Labute approximate surface area is 192 Å². The van der Waals surface area contributed by atoms with Gasteiger partial charge in [0, 0.05) is 44.4 Å². The van der Waals surface area contributed by atoms with Gasteiger partial charge in [0.1, 0.15) is 10.7 Å². The molecule has 0 radical (unpaired) electrons. The molecule has 33 heavy (non-hydrogen) atoms. The van der Waals surface area contributed by atoms with Crippen molar-refractivity contribution in [1.82, 2.24) is 24.1 Å². The molecule has 0 saturated carbocycles. The van der Waals surface area contributed by atoms with Crippen molar-refractivity contribution in [2.75, 3.05) is 12.4 Å². The van der Waals surface area contributed by atoms with Gasteiger partial charge in [-0.2, -0.15) is 4.37 Å². The number of carbonyl (C=O) groups is 2. The number of amides is 3. The van der Waals surface area contributed by atoms with Crippen LogP contribution in [0.25, 0.3) is 0 Å². The van der Waals surface area contributed by atoms with E-state index in [4.69, 9.17) is 9.88 Å². The topological polar surface area (TPSA) is 162 Å². The molecule has 176 valence electrons. The third-order valence-corrected chi connectivity index (χ3v) is 5.72. The van der Waals surface area contributed by atoms with E-state index in [0.717, 1.165) is 17.6 Å². The maximum atomic E-state index is 13.2. The van der Waals surface area contributed by atoms with Crippen molar-refractivity contribution in [1.29, 1.82) is 0 Å².